The van der Waals surface area contributed by atoms with E-state index in [-0.39, 0.29) is 12.0 Å². The van der Waals surface area contributed by atoms with E-state index in [0.717, 1.165) is 40.9 Å². The van der Waals surface area contributed by atoms with Crippen molar-refractivity contribution in [3.05, 3.63) is 35.5 Å². The minimum atomic E-state index is 0.0728. The molecule has 2 heterocycles. The van der Waals surface area contributed by atoms with E-state index in [1.165, 1.54) is 12.0 Å². The van der Waals surface area contributed by atoms with Crippen molar-refractivity contribution in [2.24, 2.45) is 13.0 Å². The van der Waals surface area contributed by atoms with Crippen molar-refractivity contribution in [1.82, 2.24) is 14.7 Å². The zero-order chi connectivity index (χ0) is 17.6. The van der Waals surface area contributed by atoms with E-state index in [1.54, 1.807) is 7.11 Å². The van der Waals surface area contributed by atoms with Gasteiger partial charge in [-0.2, -0.15) is 5.10 Å². The maximum atomic E-state index is 12.6. The fourth-order valence-electron chi connectivity index (χ4n) is 3.74. The second kappa shape index (κ2) is 6.30. The van der Waals surface area contributed by atoms with Gasteiger partial charge >= 0.3 is 0 Å². The normalized spacial score (nSPS) is 21.3. The number of hydrogen-bond donors (Lipinski definition) is 0. The van der Waals surface area contributed by atoms with Crippen LogP contribution in [0.25, 0.3) is 16.5 Å². The van der Waals surface area contributed by atoms with Gasteiger partial charge in [-0.3, -0.25) is 9.48 Å². The molecule has 25 heavy (non-hydrogen) atoms. The van der Waals surface area contributed by atoms with Gasteiger partial charge in [0.05, 0.1) is 17.3 Å². The van der Waals surface area contributed by atoms with Crippen LogP contribution in [-0.4, -0.2) is 46.9 Å². The van der Waals surface area contributed by atoms with Crippen LogP contribution in [0.4, 0.5) is 0 Å². The topological polar surface area (TPSA) is 47.4 Å². The van der Waals surface area contributed by atoms with Crippen LogP contribution in [0.15, 0.2) is 24.3 Å². The van der Waals surface area contributed by atoms with Gasteiger partial charge in [0.15, 0.2) is 0 Å². The van der Waals surface area contributed by atoms with Crippen LogP contribution in [0.3, 0.4) is 0 Å². The van der Waals surface area contributed by atoms with Crippen molar-refractivity contribution in [3.63, 3.8) is 0 Å². The first-order chi connectivity index (χ1) is 12.1. The minimum Gasteiger partial charge on any atom is -0.378 e. The third kappa shape index (κ3) is 2.86. The maximum absolute atomic E-state index is 12.6. The Morgan fingerprint density at radius 2 is 2.12 bits per heavy atom. The highest BCUT2D eigenvalue weighted by atomic mass is 16.5. The molecule has 0 saturated carbocycles. The Bertz CT molecular complexity index is 846. The molecule has 1 amide bonds. The Morgan fingerprint density at radius 3 is 2.80 bits per heavy atom. The molecule has 5 nitrogen and oxygen atoms in total. The van der Waals surface area contributed by atoms with Crippen LogP contribution in [0, 0.1) is 5.92 Å². The fraction of sp³-hybridized carbons (Fsp3) is 0.500. The molecule has 1 fully saturated rings. The molecule has 2 aliphatic rings. The Labute approximate surface area is 148 Å². The molecule has 1 atom stereocenters. The Hall–Kier alpha value is -2.14. The molecule has 0 radical (unpaired) electrons. The van der Waals surface area contributed by atoms with E-state index in [1.807, 2.05) is 28.8 Å². The fourth-order valence-corrected chi connectivity index (χ4v) is 3.74. The van der Waals surface area contributed by atoms with E-state index < -0.39 is 0 Å². The number of rotatable bonds is 3. The first kappa shape index (κ1) is 16.3. The molecule has 0 spiro atoms. The summed E-state index contributed by atoms with van der Waals surface area (Å²) < 4.78 is 7.15. The third-order valence-electron chi connectivity index (χ3n) is 5.54. The molecular formula is C20H25N3O2. The molecule has 4 rings (SSSR count). The number of aromatic nitrogens is 2. The summed E-state index contributed by atoms with van der Waals surface area (Å²) in [6, 6.07) is 5.96. The Balaban J connectivity index is 1.64. The van der Waals surface area contributed by atoms with Gasteiger partial charge in [0, 0.05) is 38.2 Å². The lowest BCUT2D eigenvalue weighted by molar-refractivity contribution is -0.0191. The number of amides is 1. The largest absolute Gasteiger partial charge is 0.378 e. The number of aryl methyl sites for hydroxylation is 1. The molecular weight excluding hydrogens is 314 g/mol. The summed E-state index contributed by atoms with van der Waals surface area (Å²) >= 11 is 0. The summed E-state index contributed by atoms with van der Waals surface area (Å²) in [5.41, 5.74) is 4.16. The minimum absolute atomic E-state index is 0.0728. The Morgan fingerprint density at radius 1 is 1.32 bits per heavy atom. The smallest absolute Gasteiger partial charge is 0.254 e. The van der Waals surface area contributed by atoms with Crippen molar-refractivity contribution in [2.45, 2.75) is 32.3 Å². The van der Waals surface area contributed by atoms with E-state index in [4.69, 9.17) is 9.84 Å². The molecule has 0 N–H and O–H groups in total. The number of hydrogen-bond acceptors (Lipinski definition) is 3. The van der Waals surface area contributed by atoms with E-state index in [0.29, 0.717) is 13.1 Å². The number of methoxy groups -OCH3 is 1. The van der Waals surface area contributed by atoms with Gasteiger partial charge in [0.25, 0.3) is 5.91 Å². The molecule has 1 aromatic carbocycles. The van der Waals surface area contributed by atoms with Crippen LogP contribution in [-0.2, 0) is 11.8 Å². The SMILES string of the molecule is COC1CN(C(=O)c2ccc3c(C4=CCC(C)CC4)nn(C)c3c2)C1. The first-order valence-electron chi connectivity index (χ1n) is 9.05. The number of allylic oxidation sites excluding steroid dienone is 2. The number of ether oxygens (including phenoxy) is 1. The lowest BCUT2D eigenvalue weighted by Gasteiger charge is -2.38. The molecule has 0 bridgehead atoms. The highest BCUT2D eigenvalue weighted by Crippen LogP contribution is 2.33. The van der Waals surface area contributed by atoms with Gasteiger partial charge < -0.3 is 9.64 Å². The van der Waals surface area contributed by atoms with Crippen LogP contribution in [0.1, 0.15) is 42.2 Å². The van der Waals surface area contributed by atoms with Gasteiger partial charge in [0.1, 0.15) is 0 Å². The monoisotopic (exact) mass is 339 g/mol. The van der Waals surface area contributed by atoms with Gasteiger partial charge in [0.2, 0.25) is 0 Å². The summed E-state index contributed by atoms with van der Waals surface area (Å²) in [6.07, 6.45) is 5.94. The van der Waals surface area contributed by atoms with E-state index in [2.05, 4.69) is 19.1 Å². The number of benzene rings is 1. The predicted molar refractivity (Wildman–Crippen MR) is 98.4 cm³/mol. The molecule has 132 valence electrons. The molecule has 1 aliphatic heterocycles. The lowest BCUT2D eigenvalue weighted by atomic mass is 9.89. The van der Waals surface area contributed by atoms with E-state index in [9.17, 15) is 4.79 Å². The van der Waals surface area contributed by atoms with Crippen molar-refractivity contribution in [1.29, 1.82) is 0 Å². The molecule has 1 unspecified atom stereocenters. The molecule has 1 aliphatic carbocycles. The summed E-state index contributed by atoms with van der Waals surface area (Å²) in [6.45, 7) is 3.65. The van der Waals surface area contributed by atoms with Crippen molar-refractivity contribution >= 4 is 22.4 Å². The van der Waals surface area contributed by atoms with Crippen LogP contribution in [0.5, 0.6) is 0 Å². The first-order valence-corrected chi connectivity index (χ1v) is 9.05. The summed E-state index contributed by atoms with van der Waals surface area (Å²) in [4.78, 5) is 14.4. The zero-order valence-electron chi connectivity index (χ0n) is 15.2. The highest BCUT2D eigenvalue weighted by molar-refractivity contribution is 6.00. The number of carbonyl (C=O) groups is 1. The van der Waals surface area contributed by atoms with Gasteiger partial charge in [-0.25, -0.2) is 0 Å². The van der Waals surface area contributed by atoms with Gasteiger partial charge in [-0.15, -0.1) is 0 Å². The molecule has 1 saturated heterocycles. The van der Waals surface area contributed by atoms with Crippen LogP contribution in [0.2, 0.25) is 0 Å². The second-order valence-corrected chi connectivity index (χ2v) is 7.38. The van der Waals surface area contributed by atoms with Crippen LogP contribution < -0.4 is 0 Å². The lowest BCUT2D eigenvalue weighted by Crippen LogP contribution is -2.54. The summed E-state index contributed by atoms with van der Waals surface area (Å²) in [5.74, 6) is 0.832. The summed E-state index contributed by atoms with van der Waals surface area (Å²) in [5, 5.41) is 5.88. The molecule has 2 aromatic rings. The quantitative estimate of drug-likeness (QED) is 0.862. The maximum Gasteiger partial charge on any atom is 0.254 e. The van der Waals surface area contributed by atoms with E-state index >= 15 is 0 Å². The number of fused-ring (bicyclic) bond motifs is 1. The van der Waals surface area contributed by atoms with Crippen LogP contribution >= 0.6 is 0 Å². The number of nitrogens with zero attached hydrogens (tertiary/aromatic N) is 3. The van der Waals surface area contributed by atoms with Crippen molar-refractivity contribution in [2.75, 3.05) is 20.2 Å². The Kier molecular flexibility index (Phi) is 4.12. The average molecular weight is 339 g/mol. The third-order valence-corrected chi connectivity index (χ3v) is 5.54. The predicted octanol–water partition coefficient (Wildman–Crippen LogP) is 3.25. The average Bonchev–Trinajstić information content (AvgIpc) is 2.91. The standard InChI is InChI=1S/C20H25N3O2/c1-13-4-6-14(7-5-13)19-17-9-8-15(10-18(17)22(2)21-19)20(24)23-11-16(12-23)25-3/h6,8-10,13,16H,4-5,7,11-12H2,1-3H3. The number of likely N-dealkylation sites (tertiary alicyclic amines) is 1. The van der Waals surface area contributed by atoms with Gasteiger partial charge in [-0.1, -0.05) is 13.0 Å². The number of carbonyl (C=O) groups excluding carboxylic acids is 1. The summed E-state index contributed by atoms with van der Waals surface area (Å²) in [7, 11) is 3.65. The molecule has 5 heteroatoms. The zero-order valence-corrected chi connectivity index (χ0v) is 15.2. The second-order valence-electron chi connectivity index (χ2n) is 7.38. The van der Waals surface area contributed by atoms with Gasteiger partial charge in [-0.05, 0) is 49.0 Å². The molecule has 1 aromatic heterocycles. The van der Waals surface area contributed by atoms with Crippen molar-refractivity contribution in [3.8, 4) is 0 Å². The van der Waals surface area contributed by atoms with Crippen molar-refractivity contribution < 1.29 is 9.53 Å². The highest BCUT2D eigenvalue weighted by Gasteiger charge is 2.31.